The summed E-state index contributed by atoms with van der Waals surface area (Å²) >= 11 is 0. The number of nitrogens with one attached hydrogen (secondary N) is 2. The molecule has 0 saturated heterocycles. The Hall–Kier alpha value is -9.47. The smallest absolute Gasteiger partial charge is 0.337 e. The van der Waals surface area contributed by atoms with Gasteiger partial charge in [0.05, 0.1) is 35.1 Å². The molecule has 0 atom stereocenters. The van der Waals surface area contributed by atoms with Crippen LogP contribution in [0.25, 0.3) is 111 Å². The summed E-state index contributed by atoms with van der Waals surface area (Å²) in [6.07, 6.45) is 0. The van der Waals surface area contributed by atoms with Crippen LogP contribution >= 0.6 is 0 Å². The minimum absolute atomic E-state index is 0.407. The van der Waals surface area contributed by atoms with Gasteiger partial charge >= 0.3 is 5.97 Å². The summed E-state index contributed by atoms with van der Waals surface area (Å²) in [6.45, 7) is 0. The number of para-hydroxylation sites is 2. The zero-order valence-corrected chi connectivity index (χ0v) is 37.2. The molecule has 2 aliphatic heterocycles. The van der Waals surface area contributed by atoms with Gasteiger partial charge in [-0.3, -0.25) is 0 Å². The van der Waals surface area contributed by atoms with E-state index in [1.54, 1.807) is 12.1 Å². The molecular formula is C60H39N7O2. The van der Waals surface area contributed by atoms with Gasteiger partial charge in [0.15, 0.2) is 11.6 Å². The summed E-state index contributed by atoms with van der Waals surface area (Å²) in [5, 5.41) is 3.83. The molecule has 8 aromatic carbocycles. The van der Waals surface area contributed by atoms with E-state index < -0.39 is 5.97 Å². The number of aromatic nitrogens is 6. The van der Waals surface area contributed by atoms with E-state index in [1.165, 1.54) is 7.11 Å². The molecule has 9 nitrogen and oxygen atoms in total. The molecule has 0 unspecified atom stereocenters. The molecule has 69 heavy (non-hydrogen) atoms. The lowest BCUT2D eigenvalue weighted by atomic mass is 9.96. The van der Waals surface area contributed by atoms with Crippen molar-refractivity contribution in [3.8, 4) is 67.5 Å². The second kappa shape index (κ2) is 16.1. The highest BCUT2D eigenvalue weighted by Gasteiger charge is 2.27. The first kappa shape index (κ1) is 39.9. The fraction of sp³-hybridized carbons (Fsp3) is 0.0167. The van der Waals surface area contributed by atoms with Crippen LogP contribution in [-0.2, 0) is 4.74 Å². The molecule has 8 bridgehead atoms. The summed E-state index contributed by atoms with van der Waals surface area (Å²) in [6, 6.07) is 70.2. The van der Waals surface area contributed by atoms with Crippen LogP contribution in [-0.4, -0.2) is 43.0 Å². The van der Waals surface area contributed by atoms with Crippen LogP contribution in [0.15, 0.2) is 206 Å². The summed E-state index contributed by atoms with van der Waals surface area (Å²) in [5.74, 6) is 0.752. The normalized spacial score (nSPS) is 11.6. The van der Waals surface area contributed by atoms with Gasteiger partial charge < -0.3 is 19.6 Å². The van der Waals surface area contributed by atoms with Crippen LogP contribution in [0.3, 0.4) is 0 Å². The van der Waals surface area contributed by atoms with Crippen molar-refractivity contribution < 1.29 is 9.53 Å². The number of benzene rings is 8. The van der Waals surface area contributed by atoms with Crippen LogP contribution in [0.2, 0.25) is 0 Å². The molecule has 326 valence electrons. The van der Waals surface area contributed by atoms with Gasteiger partial charge in [-0.15, -0.1) is 0 Å². The second-order valence-corrected chi connectivity index (χ2v) is 17.0. The first-order valence-corrected chi connectivity index (χ1v) is 22.8. The van der Waals surface area contributed by atoms with E-state index in [0.29, 0.717) is 28.5 Å². The summed E-state index contributed by atoms with van der Waals surface area (Å²) < 4.78 is 5.08. The summed E-state index contributed by atoms with van der Waals surface area (Å²) in [7, 11) is 1.39. The molecule has 0 fully saturated rings. The van der Waals surface area contributed by atoms with Gasteiger partial charge in [-0.25, -0.2) is 24.7 Å². The zero-order chi connectivity index (χ0) is 46.0. The van der Waals surface area contributed by atoms with E-state index in [4.69, 9.17) is 24.7 Å². The Labute approximate surface area is 396 Å². The Balaban J connectivity index is 1.16. The van der Waals surface area contributed by atoms with Crippen molar-refractivity contribution in [1.82, 2.24) is 29.9 Å². The van der Waals surface area contributed by atoms with Crippen LogP contribution in [0.4, 0.5) is 17.1 Å². The van der Waals surface area contributed by atoms with E-state index >= 15 is 0 Å². The Morgan fingerprint density at radius 3 is 1.23 bits per heavy atom. The number of hydrogen-bond donors (Lipinski definition) is 2. The number of carbonyl (C=O) groups is 1. The predicted molar refractivity (Wildman–Crippen MR) is 277 cm³/mol. The average Bonchev–Trinajstić information content (AvgIpc) is 4.17. The zero-order valence-electron chi connectivity index (χ0n) is 37.2. The molecule has 2 aliphatic rings. The van der Waals surface area contributed by atoms with Crippen molar-refractivity contribution in [2.24, 2.45) is 0 Å². The third-order valence-electron chi connectivity index (χ3n) is 13.1. The molecule has 0 amide bonds. The number of hydrogen-bond acceptors (Lipinski definition) is 7. The van der Waals surface area contributed by atoms with E-state index in [2.05, 4.69) is 148 Å². The maximum absolute atomic E-state index is 12.7. The number of carbonyl (C=O) groups excluding carboxylic acids is 1. The highest BCUT2D eigenvalue weighted by atomic mass is 16.5. The SMILES string of the molecule is COC(=O)c1ccc(-c2c3nc(nc4[nH]c(c(-c5ccc(N(c6ccccc6)c6ccccc6)cc5)c5nc(nc6[nH]c2c2ccccc62)-c2ccccc2-5)c2ccccc42)-c2ccccc2-3)cc1. The molecule has 0 spiro atoms. The van der Waals surface area contributed by atoms with Crippen LogP contribution in [0, 0.1) is 0 Å². The van der Waals surface area contributed by atoms with Crippen LogP contribution < -0.4 is 4.90 Å². The highest BCUT2D eigenvalue weighted by molar-refractivity contribution is 6.15. The Kier molecular flexibility index (Phi) is 9.33. The fourth-order valence-corrected chi connectivity index (χ4v) is 9.95. The van der Waals surface area contributed by atoms with Crippen molar-refractivity contribution in [1.29, 1.82) is 0 Å². The average molecular weight is 890 g/mol. The number of aromatic amines is 2. The molecule has 9 heteroatoms. The number of nitrogens with zero attached hydrogens (tertiary/aromatic N) is 5. The standard InChI is InChI=1S/C60H39N7O2/c1-69-60(68)38-30-28-36(29-31-38)50-52-42-20-8-12-24-46(42)56(61-52)65-58-48-26-14-10-22-44(48)54(63-58)51(37-32-34-41(35-33-37)67(39-16-4-2-5-17-39)40-18-6-3-7-19-40)55-45-23-11-15-27-49(45)59(64-55)66-57-47-25-13-9-21-43(47)53(50)62-57/h2-35H,1H3,(H,61,63,65)(H,62,64,66). The number of methoxy groups -OCH3 is 1. The minimum Gasteiger partial charge on any atom is -0.465 e. The number of esters is 1. The fourth-order valence-electron chi connectivity index (χ4n) is 9.95. The third-order valence-corrected chi connectivity index (χ3v) is 13.1. The molecule has 0 aliphatic carbocycles. The van der Waals surface area contributed by atoms with E-state index in [1.807, 2.05) is 60.7 Å². The van der Waals surface area contributed by atoms with Gasteiger partial charge in [0, 0.05) is 72.0 Å². The summed E-state index contributed by atoms with van der Waals surface area (Å²) in [5.41, 5.74) is 15.4. The van der Waals surface area contributed by atoms with Crippen molar-refractivity contribution in [2.75, 3.05) is 12.0 Å². The molecule has 11 aromatic rings. The van der Waals surface area contributed by atoms with Gasteiger partial charge in [0.1, 0.15) is 11.3 Å². The lowest BCUT2D eigenvalue weighted by molar-refractivity contribution is 0.0600. The largest absolute Gasteiger partial charge is 0.465 e. The quantitative estimate of drug-likeness (QED) is 0.160. The van der Waals surface area contributed by atoms with Gasteiger partial charge in [0.25, 0.3) is 0 Å². The molecule has 13 rings (SSSR count). The van der Waals surface area contributed by atoms with Gasteiger partial charge in [0.2, 0.25) is 0 Å². The van der Waals surface area contributed by atoms with Crippen molar-refractivity contribution >= 4 is 66.9 Å². The maximum atomic E-state index is 12.7. The monoisotopic (exact) mass is 889 g/mol. The van der Waals surface area contributed by atoms with Crippen LogP contribution in [0.5, 0.6) is 0 Å². The number of rotatable bonds is 6. The number of ether oxygens (including phenoxy) is 1. The number of fused-ring (bicyclic) bond motifs is 20. The first-order valence-electron chi connectivity index (χ1n) is 22.8. The number of anilines is 3. The molecule has 2 N–H and O–H groups in total. The van der Waals surface area contributed by atoms with Crippen LogP contribution in [0.1, 0.15) is 10.4 Å². The Morgan fingerprint density at radius 2 is 0.783 bits per heavy atom. The lowest BCUT2D eigenvalue weighted by Crippen LogP contribution is -2.09. The Morgan fingerprint density at radius 1 is 0.406 bits per heavy atom. The van der Waals surface area contributed by atoms with Gasteiger partial charge in [-0.1, -0.05) is 158 Å². The van der Waals surface area contributed by atoms with Crippen molar-refractivity contribution in [2.45, 2.75) is 0 Å². The highest BCUT2D eigenvalue weighted by Crippen LogP contribution is 2.47. The molecule has 5 heterocycles. The van der Waals surface area contributed by atoms with Crippen molar-refractivity contribution in [3.63, 3.8) is 0 Å². The minimum atomic E-state index is -0.407. The molecule has 3 aromatic heterocycles. The maximum Gasteiger partial charge on any atom is 0.337 e. The number of H-pyrrole nitrogens is 2. The molecule has 0 saturated carbocycles. The summed E-state index contributed by atoms with van der Waals surface area (Å²) in [4.78, 5) is 44.4. The van der Waals surface area contributed by atoms with E-state index in [-0.39, 0.29) is 0 Å². The topological polar surface area (TPSA) is 113 Å². The third kappa shape index (κ3) is 6.59. The molecular weight excluding hydrogens is 851 g/mol. The van der Waals surface area contributed by atoms with Gasteiger partial charge in [-0.05, 0) is 59.7 Å². The first-order chi connectivity index (χ1) is 34.1. The van der Waals surface area contributed by atoms with E-state index in [9.17, 15) is 4.79 Å². The predicted octanol–water partition coefficient (Wildman–Crippen LogP) is 14.7. The Bertz CT molecular complexity index is 3970. The second-order valence-electron chi connectivity index (χ2n) is 17.0. The molecule has 0 radical (unpaired) electrons. The van der Waals surface area contributed by atoms with Gasteiger partial charge in [-0.2, -0.15) is 0 Å². The lowest BCUT2D eigenvalue weighted by Gasteiger charge is -2.25. The van der Waals surface area contributed by atoms with E-state index in [0.717, 1.165) is 106 Å². The van der Waals surface area contributed by atoms with Crippen molar-refractivity contribution in [3.05, 3.63) is 212 Å².